The van der Waals surface area contributed by atoms with Crippen LogP contribution in [0.1, 0.15) is 13.3 Å². The van der Waals surface area contributed by atoms with Gasteiger partial charge >= 0.3 is 0 Å². The molecule has 1 heterocycles. The number of hydrogen-bond donors (Lipinski definition) is 1. The molecule has 0 amide bonds. The summed E-state index contributed by atoms with van der Waals surface area (Å²) in [6, 6.07) is 9.53. The van der Waals surface area contributed by atoms with Gasteiger partial charge in [0.05, 0.1) is 24.7 Å². The average molecular weight is 258 g/mol. The Morgan fingerprint density at radius 1 is 1.16 bits per heavy atom. The number of anilines is 1. The molecule has 0 spiro atoms. The number of nitrogens with zero attached hydrogens (tertiary/aromatic N) is 1. The van der Waals surface area contributed by atoms with Crippen molar-refractivity contribution in [2.24, 2.45) is 0 Å². The third-order valence-electron chi connectivity index (χ3n) is 2.54. The maximum absolute atomic E-state index is 5.82. The summed E-state index contributed by atoms with van der Waals surface area (Å²) >= 11 is 0. The average Bonchev–Trinajstić information content (AvgIpc) is 2.46. The largest absolute Gasteiger partial charge is 0.490 e. The summed E-state index contributed by atoms with van der Waals surface area (Å²) in [6.45, 7) is 2.75. The molecule has 4 heteroatoms. The van der Waals surface area contributed by atoms with Crippen LogP contribution in [-0.4, -0.2) is 18.6 Å². The number of aromatic nitrogens is 1. The second kappa shape index (κ2) is 6.64. The lowest BCUT2D eigenvalue weighted by Crippen LogP contribution is -1.97. The van der Waals surface area contributed by atoms with E-state index in [0.717, 1.165) is 17.9 Å². The lowest BCUT2D eigenvalue weighted by Gasteiger charge is -2.12. The molecule has 0 aliphatic carbocycles. The van der Waals surface area contributed by atoms with Crippen molar-refractivity contribution in [2.75, 3.05) is 19.0 Å². The molecular formula is C15H18N2O2. The van der Waals surface area contributed by atoms with Gasteiger partial charge in [0.15, 0.2) is 11.5 Å². The first-order valence-corrected chi connectivity index (χ1v) is 6.36. The minimum Gasteiger partial charge on any atom is -0.490 e. The van der Waals surface area contributed by atoms with E-state index in [1.807, 2.05) is 37.4 Å². The Kier molecular flexibility index (Phi) is 4.61. The van der Waals surface area contributed by atoms with Gasteiger partial charge in [-0.15, -0.1) is 0 Å². The molecule has 1 N–H and O–H groups in total. The Morgan fingerprint density at radius 2 is 1.95 bits per heavy atom. The quantitative estimate of drug-likeness (QED) is 0.857. The van der Waals surface area contributed by atoms with E-state index in [2.05, 4.69) is 17.2 Å². The van der Waals surface area contributed by atoms with Gasteiger partial charge < -0.3 is 14.8 Å². The van der Waals surface area contributed by atoms with Gasteiger partial charge in [-0.2, -0.15) is 0 Å². The van der Waals surface area contributed by atoms with Crippen LogP contribution in [0, 0.1) is 0 Å². The van der Waals surface area contributed by atoms with Gasteiger partial charge in [0.2, 0.25) is 0 Å². The van der Waals surface area contributed by atoms with E-state index in [1.54, 1.807) is 12.4 Å². The highest BCUT2D eigenvalue weighted by Gasteiger charge is 2.06. The summed E-state index contributed by atoms with van der Waals surface area (Å²) in [5.41, 5.74) is 0.907. The predicted octanol–water partition coefficient (Wildman–Crippen LogP) is 3.70. The second-order valence-electron chi connectivity index (χ2n) is 4.06. The highest BCUT2D eigenvalue weighted by molar-refractivity contribution is 5.47. The molecule has 0 radical (unpaired) electrons. The highest BCUT2D eigenvalue weighted by atomic mass is 16.5. The Balaban J connectivity index is 2.17. The number of ether oxygens (including phenoxy) is 2. The Morgan fingerprint density at radius 3 is 2.68 bits per heavy atom. The van der Waals surface area contributed by atoms with Crippen molar-refractivity contribution in [3.63, 3.8) is 0 Å². The van der Waals surface area contributed by atoms with Gasteiger partial charge in [-0.25, -0.2) is 0 Å². The van der Waals surface area contributed by atoms with Gasteiger partial charge in [-0.3, -0.25) is 4.98 Å². The van der Waals surface area contributed by atoms with Gasteiger partial charge in [0, 0.05) is 13.1 Å². The smallest absolute Gasteiger partial charge is 0.169 e. The van der Waals surface area contributed by atoms with Crippen molar-refractivity contribution in [2.45, 2.75) is 13.3 Å². The molecule has 0 saturated carbocycles. The van der Waals surface area contributed by atoms with E-state index in [-0.39, 0.29) is 0 Å². The maximum atomic E-state index is 5.82. The van der Waals surface area contributed by atoms with Crippen molar-refractivity contribution in [1.29, 1.82) is 0 Å². The molecule has 0 fully saturated rings. The van der Waals surface area contributed by atoms with E-state index in [4.69, 9.17) is 9.47 Å². The topological polar surface area (TPSA) is 43.4 Å². The van der Waals surface area contributed by atoms with Crippen molar-refractivity contribution in [3.05, 3.63) is 42.7 Å². The normalized spacial score (nSPS) is 10.0. The van der Waals surface area contributed by atoms with E-state index >= 15 is 0 Å². The number of benzene rings is 1. The molecule has 2 aromatic rings. The van der Waals surface area contributed by atoms with Crippen LogP contribution >= 0.6 is 0 Å². The highest BCUT2D eigenvalue weighted by Crippen LogP contribution is 2.31. The SMILES string of the molecule is CCCOc1ccccc1Oc1cncc(NC)c1. The van der Waals surface area contributed by atoms with E-state index in [0.29, 0.717) is 18.1 Å². The summed E-state index contributed by atoms with van der Waals surface area (Å²) in [7, 11) is 1.85. The molecule has 0 saturated heterocycles. The molecule has 2 rings (SSSR count). The van der Waals surface area contributed by atoms with Crippen LogP contribution < -0.4 is 14.8 Å². The fourth-order valence-electron chi connectivity index (χ4n) is 1.60. The van der Waals surface area contributed by atoms with Gasteiger partial charge in [-0.05, 0) is 18.6 Å². The summed E-state index contributed by atoms with van der Waals surface area (Å²) in [5, 5.41) is 3.03. The molecule has 1 aromatic heterocycles. The minimum atomic E-state index is 0.676. The van der Waals surface area contributed by atoms with E-state index in [9.17, 15) is 0 Å². The van der Waals surface area contributed by atoms with Crippen molar-refractivity contribution >= 4 is 5.69 Å². The fraction of sp³-hybridized carbons (Fsp3) is 0.267. The molecule has 0 atom stereocenters. The van der Waals surface area contributed by atoms with Crippen LogP contribution in [0.3, 0.4) is 0 Å². The first-order chi connectivity index (χ1) is 9.33. The predicted molar refractivity (Wildman–Crippen MR) is 76.1 cm³/mol. The standard InChI is InChI=1S/C15H18N2O2/c1-3-8-18-14-6-4-5-7-15(14)19-13-9-12(16-2)10-17-11-13/h4-7,9-11,16H,3,8H2,1-2H3. The first-order valence-electron chi connectivity index (χ1n) is 6.36. The molecule has 0 unspecified atom stereocenters. The number of nitrogens with one attached hydrogen (secondary N) is 1. The molecule has 0 aliphatic heterocycles. The van der Waals surface area contributed by atoms with Crippen molar-refractivity contribution < 1.29 is 9.47 Å². The third-order valence-corrected chi connectivity index (χ3v) is 2.54. The Bertz CT molecular complexity index is 529. The zero-order valence-electron chi connectivity index (χ0n) is 11.2. The maximum Gasteiger partial charge on any atom is 0.169 e. The Labute approximate surface area is 113 Å². The third kappa shape index (κ3) is 3.61. The van der Waals surface area contributed by atoms with Crippen molar-refractivity contribution in [3.8, 4) is 17.2 Å². The monoisotopic (exact) mass is 258 g/mol. The van der Waals surface area contributed by atoms with Gasteiger partial charge in [-0.1, -0.05) is 19.1 Å². The van der Waals surface area contributed by atoms with Gasteiger partial charge in [0.1, 0.15) is 5.75 Å². The lowest BCUT2D eigenvalue weighted by atomic mass is 10.3. The molecular weight excluding hydrogens is 240 g/mol. The summed E-state index contributed by atoms with van der Waals surface area (Å²) < 4.78 is 11.5. The van der Waals surface area contributed by atoms with Crippen LogP contribution in [0.25, 0.3) is 0 Å². The van der Waals surface area contributed by atoms with Crippen LogP contribution in [0.5, 0.6) is 17.2 Å². The molecule has 0 bridgehead atoms. The van der Waals surface area contributed by atoms with Crippen molar-refractivity contribution in [1.82, 2.24) is 4.98 Å². The zero-order valence-corrected chi connectivity index (χ0v) is 11.2. The molecule has 0 aliphatic rings. The van der Waals surface area contributed by atoms with Crippen LogP contribution in [0.2, 0.25) is 0 Å². The summed E-state index contributed by atoms with van der Waals surface area (Å²) in [4.78, 5) is 4.12. The lowest BCUT2D eigenvalue weighted by molar-refractivity contribution is 0.302. The van der Waals surface area contributed by atoms with Crippen LogP contribution in [0.4, 0.5) is 5.69 Å². The molecule has 100 valence electrons. The molecule has 4 nitrogen and oxygen atoms in total. The van der Waals surface area contributed by atoms with E-state index in [1.165, 1.54) is 0 Å². The zero-order chi connectivity index (χ0) is 13.5. The van der Waals surface area contributed by atoms with Crippen LogP contribution in [-0.2, 0) is 0 Å². The molecule has 19 heavy (non-hydrogen) atoms. The summed E-state index contributed by atoms with van der Waals surface area (Å²) in [6.07, 6.45) is 4.38. The molecule has 1 aromatic carbocycles. The minimum absolute atomic E-state index is 0.676. The second-order valence-corrected chi connectivity index (χ2v) is 4.06. The first kappa shape index (κ1) is 13.2. The summed E-state index contributed by atoms with van der Waals surface area (Å²) in [5.74, 6) is 2.13. The van der Waals surface area contributed by atoms with Gasteiger partial charge in [0.25, 0.3) is 0 Å². The number of para-hydroxylation sites is 2. The fourth-order valence-corrected chi connectivity index (χ4v) is 1.60. The number of hydrogen-bond acceptors (Lipinski definition) is 4. The Hall–Kier alpha value is -2.23. The van der Waals surface area contributed by atoms with E-state index < -0.39 is 0 Å². The van der Waals surface area contributed by atoms with Crippen LogP contribution in [0.15, 0.2) is 42.7 Å². The number of pyridine rings is 1. The number of rotatable bonds is 6.